The highest BCUT2D eigenvalue weighted by Crippen LogP contribution is 2.34. The van der Waals surface area contributed by atoms with E-state index >= 15 is 0 Å². The number of benzene rings is 1. The Balaban J connectivity index is 2.50. The summed E-state index contributed by atoms with van der Waals surface area (Å²) >= 11 is 0. The zero-order valence-electron chi connectivity index (χ0n) is 12.5. The average Bonchev–Trinajstić information content (AvgIpc) is 2.85. The van der Waals surface area contributed by atoms with E-state index in [0.29, 0.717) is 17.0 Å². The number of nitro benzene ring substituents is 1. The molecule has 7 heteroatoms. The molecule has 0 aliphatic rings. The molecule has 7 nitrogen and oxygen atoms in total. The summed E-state index contributed by atoms with van der Waals surface area (Å²) in [4.78, 5) is 14.9. The van der Waals surface area contributed by atoms with Gasteiger partial charge in [-0.2, -0.15) is 4.98 Å². The average molecular weight is 290 g/mol. The van der Waals surface area contributed by atoms with Crippen LogP contribution in [0, 0.1) is 22.5 Å². The van der Waals surface area contributed by atoms with Crippen molar-refractivity contribution < 1.29 is 9.45 Å². The summed E-state index contributed by atoms with van der Waals surface area (Å²) < 4.78 is 5.19. The van der Waals surface area contributed by atoms with Crippen molar-refractivity contribution in [3.05, 3.63) is 39.7 Å². The lowest BCUT2D eigenvalue weighted by molar-refractivity contribution is -0.384. The van der Waals surface area contributed by atoms with Crippen LogP contribution >= 0.6 is 0 Å². The number of nitrogens with zero attached hydrogens (tertiary/aromatic N) is 3. The van der Waals surface area contributed by atoms with E-state index in [0.717, 1.165) is 0 Å². The second-order valence-electron chi connectivity index (χ2n) is 6.03. The van der Waals surface area contributed by atoms with Crippen molar-refractivity contribution in [2.24, 2.45) is 11.1 Å². The normalized spacial score (nSPS) is 13.2. The number of nitrogens with two attached hydrogens (primary N) is 1. The van der Waals surface area contributed by atoms with Crippen molar-refractivity contribution in [2.45, 2.75) is 33.7 Å². The van der Waals surface area contributed by atoms with E-state index in [4.69, 9.17) is 10.3 Å². The minimum atomic E-state index is -0.462. The molecule has 0 aliphatic carbocycles. The van der Waals surface area contributed by atoms with Crippen molar-refractivity contribution >= 4 is 5.69 Å². The van der Waals surface area contributed by atoms with Crippen molar-refractivity contribution in [3.8, 4) is 11.5 Å². The SMILES string of the molecule is Cc1cccc([N+](=O)[O-])c1-c1nc(C(N)C(C)(C)C)no1. The van der Waals surface area contributed by atoms with Crippen molar-refractivity contribution in [3.63, 3.8) is 0 Å². The molecule has 1 atom stereocenters. The van der Waals surface area contributed by atoms with Crippen LogP contribution in [0.2, 0.25) is 0 Å². The van der Waals surface area contributed by atoms with Crippen molar-refractivity contribution in [1.29, 1.82) is 0 Å². The summed E-state index contributed by atoms with van der Waals surface area (Å²) in [5, 5.41) is 15.0. The maximum absolute atomic E-state index is 11.1. The lowest BCUT2D eigenvalue weighted by atomic mass is 9.87. The molecule has 0 amide bonds. The summed E-state index contributed by atoms with van der Waals surface area (Å²) in [6.45, 7) is 7.65. The predicted octanol–water partition coefficient (Wildman–Crippen LogP) is 3.00. The number of aryl methyl sites for hydroxylation is 1. The summed E-state index contributed by atoms with van der Waals surface area (Å²) in [5.74, 6) is 0.463. The summed E-state index contributed by atoms with van der Waals surface area (Å²) in [5.41, 5.74) is 6.82. The first-order valence-corrected chi connectivity index (χ1v) is 6.55. The summed E-state index contributed by atoms with van der Waals surface area (Å²) in [7, 11) is 0. The number of hydrogen-bond donors (Lipinski definition) is 1. The van der Waals surface area contributed by atoms with Gasteiger partial charge in [0.05, 0.1) is 11.0 Å². The maximum atomic E-state index is 11.1. The van der Waals surface area contributed by atoms with E-state index in [1.165, 1.54) is 6.07 Å². The molecule has 2 rings (SSSR count). The molecule has 0 spiro atoms. The molecule has 0 radical (unpaired) electrons. The number of nitro groups is 1. The van der Waals surface area contributed by atoms with Gasteiger partial charge in [0.1, 0.15) is 5.56 Å². The Kier molecular flexibility index (Phi) is 3.78. The van der Waals surface area contributed by atoms with Gasteiger partial charge in [-0.25, -0.2) is 0 Å². The van der Waals surface area contributed by atoms with E-state index in [-0.39, 0.29) is 17.0 Å². The van der Waals surface area contributed by atoms with E-state index < -0.39 is 11.0 Å². The van der Waals surface area contributed by atoms with Crippen LogP contribution in [0.3, 0.4) is 0 Å². The van der Waals surface area contributed by atoms with E-state index in [1.54, 1.807) is 19.1 Å². The molecule has 1 aromatic carbocycles. The van der Waals surface area contributed by atoms with Crippen LogP contribution in [0.1, 0.15) is 38.2 Å². The van der Waals surface area contributed by atoms with Gasteiger partial charge in [0, 0.05) is 6.07 Å². The van der Waals surface area contributed by atoms with Gasteiger partial charge < -0.3 is 10.3 Å². The highest BCUT2D eigenvalue weighted by atomic mass is 16.6. The lowest BCUT2D eigenvalue weighted by Gasteiger charge is -2.23. The molecular weight excluding hydrogens is 272 g/mol. The topological polar surface area (TPSA) is 108 Å². The molecule has 0 saturated heterocycles. The molecular formula is C14H18N4O3. The third-order valence-corrected chi connectivity index (χ3v) is 3.31. The molecule has 0 aliphatic heterocycles. The molecule has 1 aromatic heterocycles. The zero-order valence-corrected chi connectivity index (χ0v) is 12.5. The lowest BCUT2D eigenvalue weighted by Crippen LogP contribution is -2.27. The molecule has 112 valence electrons. The Labute approximate surface area is 122 Å². The van der Waals surface area contributed by atoms with Crippen molar-refractivity contribution in [2.75, 3.05) is 0 Å². The molecule has 1 heterocycles. The molecule has 2 aromatic rings. The highest BCUT2D eigenvalue weighted by Gasteiger charge is 2.29. The fourth-order valence-corrected chi connectivity index (χ4v) is 1.93. The standard InChI is InChI=1S/C14H18N4O3/c1-8-6-5-7-9(18(19)20)10(8)13-16-12(17-21-13)11(15)14(2,3)4/h5-7,11H,15H2,1-4H3. The van der Waals surface area contributed by atoms with Gasteiger partial charge in [-0.3, -0.25) is 10.1 Å². The second kappa shape index (κ2) is 5.25. The van der Waals surface area contributed by atoms with Crippen LogP contribution in [0.4, 0.5) is 5.69 Å². The first-order chi connectivity index (χ1) is 9.71. The fourth-order valence-electron chi connectivity index (χ4n) is 1.93. The highest BCUT2D eigenvalue weighted by molar-refractivity contribution is 5.70. The van der Waals surface area contributed by atoms with E-state index in [2.05, 4.69) is 10.1 Å². The van der Waals surface area contributed by atoms with Crippen LogP contribution in [-0.4, -0.2) is 15.1 Å². The van der Waals surface area contributed by atoms with Crippen molar-refractivity contribution in [1.82, 2.24) is 10.1 Å². The first-order valence-electron chi connectivity index (χ1n) is 6.55. The third-order valence-electron chi connectivity index (χ3n) is 3.31. The maximum Gasteiger partial charge on any atom is 0.282 e. The zero-order chi connectivity index (χ0) is 15.8. The minimum Gasteiger partial charge on any atom is -0.334 e. The van der Waals surface area contributed by atoms with Crippen LogP contribution < -0.4 is 5.73 Å². The Morgan fingerprint density at radius 1 is 1.38 bits per heavy atom. The quantitative estimate of drug-likeness (QED) is 0.687. The molecule has 0 fully saturated rings. The van der Waals surface area contributed by atoms with Crippen LogP contribution in [0.15, 0.2) is 22.7 Å². The number of hydrogen-bond acceptors (Lipinski definition) is 6. The molecule has 2 N–H and O–H groups in total. The van der Waals surface area contributed by atoms with Crippen LogP contribution in [0.25, 0.3) is 11.5 Å². The molecule has 0 bridgehead atoms. The number of aromatic nitrogens is 2. The van der Waals surface area contributed by atoms with E-state index in [9.17, 15) is 10.1 Å². The largest absolute Gasteiger partial charge is 0.334 e. The van der Waals surface area contributed by atoms with Gasteiger partial charge in [0.15, 0.2) is 5.82 Å². The smallest absolute Gasteiger partial charge is 0.282 e. The molecule has 21 heavy (non-hydrogen) atoms. The van der Waals surface area contributed by atoms with Gasteiger partial charge in [-0.15, -0.1) is 0 Å². The van der Waals surface area contributed by atoms with Gasteiger partial charge in [0.2, 0.25) is 0 Å². The Bertz CT molecular complexity index is 673. The Hall–Kier alpha value is -2.28. The minimum absolute atomic E-state index is 0.0606. The first kappa shape index (κ1) is 15.1. The van der Waals surface area contributed by atoms with Gasteiger partial charge >= 0.3 is 0 Å². The monoisotopic (exact) mass is 290 g/mol. The predicted molar refractivity (Wildman–Crippen MR) is 77.5 cm³/mol. The molecule has 1 unspecified atom stereocenters. The van der Waals surface area contributed by atoms with Gasteiger partial charge in [-0.1, -0.05) is 38.1 Å². The second-order valence-corrected chi connectivity index (χ2v) is 6.03. The Morgan fingerprint density at radius 3 is 2.62 bits per heavy atom. The van der Waals surface area contributed by atoms with Gasteiger partial charge in [-0.05, 0) is 17.9 Å². The van der Waals surface area contributed by atoms with Crippen LogP contribution in [0.5, 0.6) is 0 Å². The fraction of sp³-hybridized carbons (Fsp3) is 0.429. The molecule has 0 saturated carbocycles. The summed E-state index contributed by atoms with van der Waals surface area (Å²) in [6.07, 6.45) is 0. The Morgan fingerprint density at radius 2 is 2.05 bits per heavy atom. The third kappa shape index (κ3) is 2.92. The number of rotatable bonds is 3. The van der Waals surface area contributed by atoms with Crippen LogP contribution in [-0.2, 0) is 0 Å². The van der Waals surface area contributed by atoms with Gasteiger partial charge in [0.25, 0.3) is 11.6 Å². The van der Waals surface area contributed by atoms with E-state index in [1.807, 2.05) is 20.8 Å². The summed E-state index contributed by atoms with van der Waals surface area (Å²) in [6, 6.07) is 4.37.